The SMILES string of the molecule is O=C(Nc1cccc(F)c1)c1cc(=O)[nH]c2cc(-c3ccc(F)nc3)ccc12. The van der Waals surface area contributed by atoms with Crippen molar-refractivity contribution in [1.29, 1.82) is 0 Å². The van der Waals surface area contributed by atoms with E-state index in [4.69, 9.17) is 0 Å². The highest BCUT2D eigenvalue weighted by atomic mass is 19.1. The number of carbonyl (C=O) groups excluding carboxylic acids is 1. The predicted octanol–water partition coefficient (Wildman–Crippen LogP) is 4.12. The monoisotopic (exact) mass is 377 g/mol. The number of aromatic amines is 1. The highest BCUT2D eigenvalue weighted by molar-refractivity contribution is 6.12. The van der Waals surface area contributed by atoms with E-state index in [1.54, 1.807) is 30.3 Å². The largest absolute Gasteiger partial charge is 0.322 e. The van der Waals surface area contributed by atoms with Crippen molar-refractivity contribution in [3.63, 3.8) is 0 Å². The van der Waals surface area contributed by atoms with Gasteiger partial charge in [-0.3, -0.25) is 9.59 Å². The molecular weight excluding hydrogens is 364 g/mol. The zero-order chi connectivity index (χ0) is 19.7. The number of rotatable bonds is 3. The van der Waals surface area contributed by atoms with E-state index >= 15 is 0 Å². The minimum atomic E-state index is -0.589. The number of carbonyl (C=O) groups is 1. The van der Waals surface area contributed by atoms with Gasteiger partial charge in [0.25, 0.3) is 5.91 Å². The highest BCUT2D eigenvalue weighted by Gasteiger charge is 2.13. The number of pyridine rings is 2. The van der Waals surface area contributed by atoms with Crippen molar-refractivity contribution in [2.24, 2.45) is 0 Å². The fourth-order valence-corrected chi connectivity index (χ4v) is 2.94. The molecule has 2 N–H and O–H groups in total. The van der Waals surface area contributed by atoms with Crippen LogP contribution in [0.2, 0.25) is 0 Å². The van der Waals surface area contributed by atoms with Crippen LogP contribution < -0.4 is 10.9 Å². The molecule has 2 aromatic carbocycles. The molecule has 2 aromatic heterocycles. The fourth-order valence-electron chi connectivity index (χ4n) is 2.94. The molecule has 4 aromatic rings. The van der Waals surface area contributed by atoms with Crippen molar-refractivity contribution >= 4 is 22.5 Å². The number of nitrogens with one attached hydrogen (secondary N) is 2. The first kappa shape index (κ1) is 17.5. The summed E-state index contributed by atoms with van der Waals surface area (Å²) in [7, 11) is 0. The molecule has 4 rings (SSSR count). The maximum Gasteiger partial charge on any atom is 0.256 e. The van der Waals surface area contributed by atoms with Crippen molar-refractivity contribution in [3.05, 3.63) is 94.5 Å². The fraction of sp³-hybridized carbons (Fsp3) is 0. The van der Waals surface area contributed by atoms with Crippen LogP contribution in [-0.4, -0.2) is 15.9 Å². The van der Waals surface area contributed by atoms with E-state index in [1.165, 1.54) is 36.5 Å². The van der Waals surface area contributed by atoms with Crippen LogP contribution in [0.1, 0.15) is 10.4 Å². The van der Waals surface area contributed by atoms with Crippen LogP contribution in [0.4, 0.5) is 14.5 Å². The number of hydrogen-bond acceptors (Lipinski definition) is 3. The molecule has 0 saturated carbocycles. The third kappa shape index (κ3) is 3.50. The molecule has 7 heteroatoms. The topological polar surface area (TPSA) is 74.8 Å². The van der Waals surface area contributed by atoms with Gasteiger partial charge in [-0.25, -0.2) is 9.37 Å². The van der Waals surface area contributed by atoms with Crippen molar-refractivity contribution in [3.8, 4) is 11.1 Å². The van der Waals surface area contributed by atoms with Crippen LogP contribution in [0, 0.1) is 11.8 Å². The van der Waals surface area contributed by atoms with Crippen molar-refractivity contribution in [2.75, 3.05) is 5.32 Å². The molecule has 0 atom stereocenters. The summed E-state index contributed by atoms with van der Waals surface area (Å²) < 4.78 is 26.4. The third-order valence-corrected chi connectivity index (χ3v) is 4.23. The summed E-state index contributed by atoms with van der Waals surface area (Å²) in [6, 6.07) is 14.6. The molecule has 0 bridgehead atoms. The Morgan fingerprint density at radius 1 is 0.964 bits per heavy atom. The normalized spacial score (nSPS) is 10.8. The molecule has 0 unspecified atom stereocenters. The average Bonchev–Trinajstić information content (AvgIpc) is 2.67. The standard InChI is InChI=1S/C21H13F2N3O2/c22-14-2-1-3-15(9-14)25-21(28)17-10-20(27)26-18-8-12(4-6-16(17)18)13-5-7-19(23)24-11-13/h1-11H,(H,25,28)(H,26,27). The van der Waals surface area contributed by atoms with Crippen LogP contribution >= 0.6 is 0 Å². The lowest BCUT2D eigenvalue weighted by Crippen LogP contribution is -2.17. The first-order valence-electron chi connectivity index (χ1n) is 8.35. The molecule has 2 heterocycles. The van der Waals surface area contributed by atoms with Crippen LogP contribution in [0.3, 0.4) is 0 Å². The van der Waals surface area contributed by atoms with Crippen molar-refractivity contribution in [2.45, 2.75) is 0 Å². The van der Waals surface area contributed by atoms with Gasteiger partial charge < -0.3 is 10.3 Å². The number of benzene rings is 2. The van der Waals surface area contributed by atoms with Gasteiger partial charge in [0.15, 0.2) is 0 Å². The zero-order valence-electron chi connectivity index (χ0n) is 14.4. The summed E-state index contributed by atoms with van der Waals surface area (Å²) in [6.45, 7) is 0. The number of nitrogens with zero attached hydrogens (tertiary/aromatic N) is 1. The Kier molecular flexibility index (Phi) is 4.41. The number of fused-ring (bicyclic) bond motifs is 1. The number of amides is 1. The van der Waals surface area contributed by atoms with Crippen LogP contribution in [0.5, 0.6) is 0 Å². The number of anilines is 1. The Morgan fingerprint density at radius 3 is 2.54 bits per heavy atom. The number of hydrogen-bond donors (Lipinski definition) is 2. The molecule has 0 aliphatic heterocycles. The zero-order valence-corrected chi connectivity index (χ0v) is 14.4. The van der Waals surface area contributed by atoms with Gasteiger partial charge in [0, 0.05) is 34.4 Å². The second kappa shape index (κ2) is 7.03. The second-order valence-corrected chi connectivity index (χ2v) is 6.14. The van der Waals surface area contributed by atoms with Crippen LogP contribution in [0.25, 0.3) is 22.0 Å². The van der Waals surface area contributed by atoms with E-state index in [2.05, 4.69) is 15.3 Å². The predicted molar refractivity (Wildman–Crippen MR) is 102 cm³/mol. The van der Waals surface area contributed by atoms with Crippen molar-refractivity contribution < 1.29 is 13.6 Å². The first-order chi connectivity index (χ1) is 13.5. The quantitative estimate of drug-likeness (QED) is 0.528. The molecule has 1 amide bonds. The van der Waals surface area contributed by atoms with E-state index in [0.29, 0.717) is 22.0 Å². The van der Waals surface area contributed by atoms with Gasteiger partial charge in [-0.1, -0.05) is 18.2 Å². The maximum atomic E-state index is 13.3. The minimum absolute atomic E-state index is 0.159. The Morgan fingerprint density at radius 2 is 1.79 bits per heavy atom. The van der Waals surface area contributed by atoms with E-state index in [9.17, 15) is 18.4 Å². The minimum Gasteiger partial charge on any atom is -0.322 e. The van der Waals surface area contributed by atoms with E-state index in [-0.39, 0.29) is 11.3 Å². The summed E-state index contributed by atoms with van der Waals surface area (Å²) in [5.41, 5.74) is 1.81. The smallest absolute Gasteiger partial charge is 0.256 e. The lowest BCUT2D eigenvalue weighted by Gasteiger charge is -2.09. The lowest BCUT2D eigenvalue weighted by molar-refractivity contribution is 0.102. The summed E-state index contributed by atoms with van der Waals surface area (Å²) in [4.78, 5) is 31.0. The molecule has 0 aliphatic rings. The molecule has 0 aliphatic carbocycles. The first-order valence-corrected chi connectivity index (χ1v) is 8.35. The molecule has 0 spiro atoms. The number of H-pyrrole nitrogens is 1. The van der Waals surface area contributed by atoms with E-state index < -0.39 is 23.2 Å². The van der Waals surface area contributed by atoms with Gasteiger partial charge in [0.2, 0.25) is 11.5 Å². The molecule has 5 nitrogen and oxygen atoms in total. The molecular formula is C21H13F2N3O2. The Bertz CT molecular complexity index is 1250. The Balaban J connectivity index is 1.75. The lowest BCUT2D eigenvalue weighted by atomic mass is 10.0. The van der Waals surface area contributed by atoms with Gasteiger partial charge in [0.05, 0.1) is 5.56 Å². The summed E-state index contributed by atoms with van der Waals surface area (Å²) >= 11 is 0. The Hall–Kier alpha value is -3.87. The van der Waals surface area contributed by atoms with E-state index in [0.717, 1.165) is 0 Å². The second-order valence-electron chi connectivity index (χ2n) is 6.14. The summed E-state index contributed by atoms with van der Waals surface area (Å²) in [5, 5.41) is 3.11. The van der Waals surface area contributed by atoms with E-state index in [1.807, 2.05) is 0 Å². The highest BCUT2D eigenvalue weighted by Crippen LogP contribution is 2.25. The third-order valence-electron chi connectivity index (χ3n) is 4.23. The van der Waals surface area contributed by atoms with Gasteiger partial charge in [0.1, 0.15) is 5.82 Å². The Labute approximate surface area is 157 Å². The van der Waals surface area contributed by atoms with Crippen LogP contribution in [-0.2, 0) is 0 Å². The van der Waals surface area contributed by atoms with Gasteiger partial charge in [-0.15, -0.1) is 0 Å². The van der Waals surface area contributed by atoms with Crippen LogP contribution in [0.15, 0.2) is 71.7 Å². The average molecular weight is 377 g/mol. The number of halogens is 2. The maximum absolute atomic E-state index is 13.3. The summed E-state index contributed by atoms with van der Waals surface area (Å²) in [5.74, 6) is -1.60. The van der Waals surface area contributed by atoms with Gasteiger partial charge in [-0.05, 0) is 42.0 Å². The molecule has 28 heavy (non-hydrogen) atoms. The van der Waals surface area contributed by atoms with Crippen molar-refractivity contribution in [1.82, 2.24) is 9.97 Å². The molecule has 0 radical (unpaired) electrons. The molecule has 0 saturated heterocycles. The summed E-state index contributed by atoms with van der Waals surface area (Å²) in [6.07, 6.45) is 1.38. The molecule has 0 fully saturated rings. The van der Waals surface area contributed by atoms with Gasteiger partial charge in [-0.2, -0.15) is 4.39 Å². The van der Waals surface area contributed by atoms with Gasteiger partial charge >= 0.3 is 0 Å². The number of aromatic nitrogens is 2. The molecule has 138 valence electrons.